The number of aryl methyl sites for hydroxylation is 1. The van der Waals surface area contributed by atoms with E-state index in [0.717, 1.165) is 4.90 Å². The quantitative estimate of drug-likeness (QED) is 0.339. The molecule has 1 atom stereocenters. The number of carbonyl (C=O) groups is 4. The molecule has 5 amide bonds. The van der Waals surface area contributed by atoms with Crippen molar-refractivity contribution in [1.29, 1.82) is 0 Å². The molecule has 10 nitrogen and oxygen atoms in total. The van der Waals surface area contributed by atoms with E-state index < -0.39 is 64.4 Å². The average molecular weight is 604 g/mol. The highest BCUT2D eigenvalue weighted by molar-refractivity contribution is 6.17. The number of imide groups is 1. The molecule has 0 bridgehead atoms. The summed E-state index contributed by atoms with van der Waals surface area (Å²) in [4.78, 5) is 61.4. The van der Waals surface area contributed by atoms with Crippen LogP contribution in [0.25, 0.3) is 11.1 Å². The van der Waals surface area contributed by atoms with Crippen LogP contribution >= 0.6 is 0 Å². The van der Waals surface area contributed by atoms with Gasteiger partial charge in [0, 0.05) is 32.7 Å². The summed E-state index contributed by atoms with van der Waals surface area (Å²) < 4.78 is 59.3. The van der Waals surface area contributed by atoms with Crippen LogP contribution in [0.5, 0.6) is 0 Å². The van der Waals surface area contributed by atoms with Crippen molar-refractivity contribution < 1.29 is 41.2 Å². The Kier molecular flexibility index (Phi) is 7.43. The number of carbonyl (C=O) groups excluding carboxylic acids is 4. The summed E-state index contributed by atoms with van der Waals surface area (Å²) in [5.41, 5.74) is -1.82. The second-order valence-corrected chi connectivity index (χ2v) is 11.1. The molecule has 1 N–H and O–H groups in total. The summed E-state index contributed by atoms with van der Waals surface area (Å²) >= 11 is 0. The molecule has 228 valence electrons. The number of nitrogens with zero attached hydrogens (tertiary/aromatic N) is 4. The van der Waals surface area contributed by atoms with E-state index in [9.17, 15) is 36.7 Å². The fraction of sp³-hybridized carbons (Fsp3) is 0.414. The van der Waals surface area contributed by atoms with Gasteiger partial charge in [0.15, 0.2) is 11.5 Å². The van der Waals surface area contributed by atoms with Crippen LogP contribution in [0.15, 0.2) is 40.8 Å². The summed E-state index contributed by atoms with van der Waals surface area (Å²) in [6, 6.07) is 4.76. The highest BCUT2D eigenvalue weighted by Gasteiger charge is 2.58. The number of hydrogen-bond donors (Lipinski definition) is 1. The number of anilines is 1. The van der Waals surface area contributed by atoms with Gasteiger partial charge in [-0.05, 0) is 55.2 Å². The lowest BCUT2D eigenvalue weighted by atomic mass is 9.85. The minimum atomic E-state index is -4.79. The van der Waals surface area contributed by atoms with E-state index in [0.29, 0.717) is 40.9 Å². The number of amides is 5. The smallest absolute Gasteiger partial charge is 0.416 e. The first-order valence-electron chi connectivity index (χ1n) is 13.6. The van der Waals surface area contributed by atoms with Crippen molar-refractivity contribution in [3.05, 3.63) is 59.2 Å². The van der Waals surface area contributed by atoms with Gasteiger partial charge in [0.05, 0.1) is 11.1 Å². The van der Waals surface area contributed by atoms with Gasteiger partial charge < -0.3 is 14.6 Å². The molecule has 1 aromatic heterocycles. The molecule has 3 heterocycles. The second-order valence-electron chi connectivity index (χ2n) is 11.1. The van der Waals surface area contributed by atoms with Crippen LogP contribution in [-0.2, 0) is 15.8 Å². The first-order chi connectivity index (χ1) is 20.1. The van der Waals surface area contributed by atoms with Crippen molar-refractivity contribution in [1.82, 2.24) is 20.1 Å². The standard InChI is InChI=1S/C29H29F4N5O5/c1-15(2)23(35-24(39)19-13-17(29(31,32)33)5-7-20(19)30)25(40)37-11-9-28(10-12-37)26(41)36(4)27(42)38(28)18-6-8-22-21(14-18)34-16(3)43-22/h5-8,13-15,23H,9-12H2,1-4H3,(H,35,39)/t23-/m1/s1. The molecule has 2 aliphatic heterocycles. The zero-order chi connectivity index (χ0) is 31.4. The van der Waals surface area contributed by atoms with Gasteiger partial charge in [-0.15, -0.1) is 0 Å². The first kappa shape index (κ1) is 30.0. The fourth-order valence-corrected chi connectivity index (χ4v) is 5.69. The van der Waals surface area contributed by atoms with Gasteiger partial charge >= 0.3 is 12.2 Å². The Hall–Kier alpha value is -4.49. The molecule has 2 fully saturated rings. The molecule has 0 saturated carbocycles. The molecule has 2 aromatic carbocycles. The van der Waals surface area contributed by atoms with Gasteiger partial charge in [-0.2, -0.15) is 13.2 Å². The van der Waals surface area contributed by atoms with E-state index in [1.807, 2.05) is 0 Å². The summed E-state index contributed by atoms with van der Waals surface area (Å²) in [5, 5.41) is 2.39. The third-order valence-electron chi connectivity index (χ3n) is 8.01. The number of fused-ring (bicyclic) bond motifs is 1. The largest absolute Gasteiger partial charge is 0.441 e. The number of rotatable bonds is 5. The van der Waals surface area contributed by atoms with E-state index >= 15 is 0 Å². The molecular formula is C29H29F4N5O5. The molecule has 2 aliphatic rings. The fourth-order valence-electron chi connectivity index (χ4n) is 5.69. The van der Waals surface area contributed by atoms with E-state index in [1.54, 1.807) is 39.0 Å². The van der Waals surface area contributed by atoms with Crippen LogP contribution in [-0.4, -0.2) is 70.3 Å². The number of likely N-dealkylation sites (tertiary alicyclic amines) is 1. The van der Waals surface area contributed by atoms with E-state index in [2.05, 4.69) is 10.3 Å². The van der Waals surface area contributed by atoms with Crippen LogP contribution in [0, 0.1) is 18.7 Å². The Morgan fingerprint density at radius 1 is 1.07 bits per heavy atom. The number of benzene rings is 2. The lowest BCUT2D eigenvalue weighted by Crippen LogP contribution is -2.60. The summed E-state index contributed by atoms with van der Waals surface area (Å²) in [7, 11) is 1.39. The number of urea groups is 1. The average Bonchev–Trinajstić information content (AvgIpc) is 3.40. The summed E-state index contributed by atoms with van der Waals surface area (Å²) in [5.74, 6) is -3.34. The molecule has 0 aliphatic carbocycles. The highest BCUT2D eigenvalue weighted by atomic mass is 19.4. The molecule has 3 aromatic rings. The molecule has 0 unspecified atom stereocenters. The van der Waals surface area contributed by atoms with Gasteiger partial charge in [0.1, 0.15) is 22.9 Å². The minimum absolute atomic E-state index is 0.0461. The third kappa shape index (κ3) is 5.19. The van der Waals surface area contributed by atoms with Crippen LogP contribution in [0.1, 0.15) is 48.5 Å². The lowest BCUT2D eigenvalue weighted by Gasteiger charge is -2.43. The number of nitrogens with one attached hydrogen (secondary N) is 1. The van der Waals surface area contributed by atoms with E-state index in [-0.39, 0.29) is 25.9 Å². The number of likely N-dealkylation sites (N-methyl/N-ethyl adjacent to an activating group) is 1. The zero-order valence-electron chi connectivity index (χ0n) is 23.8. The van der Waals surface area contributed by atoms with Gasteiger partial charge in [-0.25, -0.2) is 14.2 Å². The van der Waals surface area contributed by atoms with Gasteiger partial charge in [0.2, 0.25) is 5.91 Å². The maximum absolute atomic E-state index is 14.3. The summed E-state index contributed by atoms with van der Waals surface area (Å²) in [6.45, 7) is 5.05. The maximum Gasteiger partial charge on any atom is 0.416 e. The first-order valence-corrected chi connectivity index (χ1v) is 13.6. The number of hydrogen-bond acceptors (Lipinski definition) is 6. The Morgan fingerprint density at radius 2 is 1.74 bits per heavy atom. The summed E-state index contributed by atoms with van der Waals surface area (Å²) in [6.07, 6.45) is -4.62. The molecule has 5 rings (SSSR count). The molecule has 0 radical (unpaired) electrons. The Morgan fingerprint density at radius 3 is 2.37 bits per heavy atom. The van der Waals surface area contributed by atoms with Crippen molar-refractivity contribution in [2.45, 2.75) is 51.4 Å². The van der Waals surface area contributed by atoms with Crippen molar-refractivity contribution in [3.63, 3.8) is 0 Å². The van der Waals surface area contributed by atoms with Gasteiger partial charge in [-0.1, -0.05) is 13.8 Å². The van der Waals surface area contributed by atoms with Gasteiger partial charge in [0.25, 0.3) is 11.8 Å². The topological polar surface area (TPSA) is 116 Å². The van der Waals surface area contributed by atoms with Crippen LogP contribution < -0.4 is 10.2 Å². The Balaban J connectivity index is 1.36. The number of halogens is 4. The molecule has 14 heteroatoms. The van der Waals surface area contributed by atoms with E-state index in [4.69, 9.17) is 4.42 Å². The maximum atomic E-state index is 14.3. The van der Waals surface area contributed by atoms with E-state index in [1.165, 1.54) is 16.8 Å². The molecular weight excluding hydrogens is 574 g/mol. The number of oxazole rings is 1. The SMILES string of the molecule is Cc1nc2cc(N3C(=O)N(C)C(=O)C34CCN(C(=O)[C@H](NC(=O)c3cc(C(F)(F)F)ccc3F)C(C)C)CC4)ccc2o1. The van der Waals surface area contributed by atoms with Gasteiger partial charge in [-0.3, -0.25) is 24.2 Å². The molecule has 43 heavy (non-hydrogen) atoms. The number of aromatic nitrogens is 1. The van der Waals surface area contributed by atoms with Crippen LogP contribution in [0.4, 0.5) is 28.0 Å². The lowest BCUT2D eigenvalue weighted by molar-refractivity contribution is -0.139. The third-order valence-corrected chi connectivity index (χ3v) is 8.01. The number of piperidine rings is 1. The van der Waals surface area contributed by atoms with Crippen molar-refractivity contribution >= 4 is 40.5 Å². The van der Waals surface area contributed by atoms with Crippen molar-refractivity contribution in [2.24, 2.45) is 5.92 Å². The minimum Gasteiger partial charge on any atom is -0.441 e. The van der Waals surface area contributed by atoms with Crippen molar-refractivity contribution in [3.8, 4) is 0 Å². The molecule has 2 saturated heterocycles. The normalized spacial score (nSPS) is 17.8. The predicted molar refractivity (Wildman–Crippen MR) is 145 cm³/mol. The zero-order valence-corrected chi connectivity index (χ0v) is 23.8. The number of alkyl halides is 3. The predicted octanol–water partition coefficient (Wildman–Crippen LogP) is 4.51. The monoisotopic (exact) mass is 603 g/mol. The Bertz CT molecular complexity index is 1630. The van der Waals surface area contributed by atoms with Crippen molar-refractivity contribution in [2.75, 3.05) is 25.0 Å². The second kappa shape index (κ2) is 10.7. The van der Waals surface area contributed by atoms with Crippen LogP contribution in [0.3, 0.4) is 0 Å². The van der Waals surface area contributed by atoms with Crippen LogP contribution in [0.2, 0.25) is 0 Å². The Labute approximate surface area is 243 Å². The highest BCUT2D eigenvalue weighted by Crippen LogP contribution is 2.41. The molecule has 1 spiro atoms.